The average Bonchev–Trinajstić information content (AvgIpc) is 3.54. The first-order valence-electron chi connectivity index (χ1n) is 10.1. The summed E-state index contributed by atoms with van der Waals surface area (Å²) < 4.78 is 1.82. The summed E-state index contributed by atoms with van der Waals surface area (Å²) in [5.41, 5.74) is 2.66. The van der Waals surface area contributed by atoms with Crippen LogP contribution in [0.5, 0.6) is 0 Å². The van der Waals surface area contributed by atoms with Crippen molar-refractivity contribution in [2.75, 3.05) is 19.6 Å². The molecule has 0 saturated carbocycles. The van der Waals surface area contributed by atoms with Gasteiger partial charge in [-0.3, -0.25) is 9.59 Å². The Morgan fingerprint density at radius 2 is 1.90 bits per heavy atom. The third-order valence-electron chi connectivity index (χ3n) is 5.03. The number of likely N-dealkylation sites (tertiary alicyclic amines) is 1. The summed E-state index contributed by atoms with van der Waals surface area (Å²) in [6.45, 7) is 2.02. The van der Waals surface area contributed by atoms with Crippen molar-refractivity contribution in [2.24, 2.45) is 0 Å². The third-order valence-corrected chi connectivity index (χ3v) is 5.91. The SMILES string of the molecule is O=C(/C=C/c1cn(-c2ccccc2)nc1-c1cccs1)NCCC(=O)N1CCCC1. The Hall–Kier alpha value is -3.19. The van der Waals surface area contributed by atoms with E-state index in [0.29, 0.717) is 13.0 Å². The molecule has 1 aromatic carbocycles. The number of carbonyl (C=O) groups is 2. The summed E-state index contributed by atoms with van der Waals surface area (Å²) in [5.74, 6) is -0.102. The highest BCUT2D eigenvalue weighted by molar-refractivity contribution is 7.13. The van der Waals surface area contributed by atoms with Crippen molar-refractivity contribution in [3.8, 4) is 16.3 Å². The van der Waals surface area contributed by atoms with E-state index in [0.717, 1.165) is 47.8 Å². The standard InChI is InChI=1S/C23H24N4O2S/c28-21(24-13-12-22(29)26-14-4-5-15-26)11-10-18-17-27(19-7-2-1-3-8-19)25-23(18)20-9-6-16-30-20/h1-3,6-11,16-17H,4-5,12-15H2,(H,24,28)/b11-10+. The molecular formula is C23H24N4O2S. The summed E-state index contributed by atoms with van der Waals surface area (Å²) in [7, 11) is 0. The molecule has 0 unspecified atom stereocenters. The molecule has 30 heavy (non-hydrogen) atoms. The minimum atomic E-state index is -0.214. The highest BCUT2D eigenvalue weighted by Crippen LogP contribution is 2.28. The van der Waals surface area contributed by atoms with Gasteiger partial charge in [-0.2, -0.15) is 5.10 Å². The van der Waals surface area contributed by atoms with Crippen LogP contribution in [-0.2, 0) is 9.59 Å². The molecule has 3 aromatic rings. The van der Waals surface area contributed by atoms with Crippen LogP contribution in [0.1, 0.15) is 24.8 Å². The van der Waals surface area contributed by atoms with Crippen LogP contribution in [0.15, 0.2) is 60.1 Å². The van der Waals surface area contributed by atoms with Crippen LogP contribution in [0.4, 0.5) is 0 Å². The average molecular weight is 421 g/mol. The van der Waals surface area contributed by atoms with Crippen LogP contribution >= 0.6 is 11.3 Å². The number of hydrogen-bond acceptors (Lipinski definition) is 4. The quantitative estimate of drug-likeness (QED) is 0.592. The summed E-state index contributed by atoms with van der Waals surface area (Å²) in [6, 6.07) is 13.9. The first-order valence-corrected chi connectivity index (χ1v) is 11.0. The van der Waals surface area contributed by atoms with Crippen molar-refractivity contribution in [1.29, 1.82) is 0 Å². The zero-order valence-electron chi connectivity index (χ0n) is 16.7. The molecular weight excluding hydrogens is 396 g/mol. The van der Waals surface area contributed by atoms with Gasteiger partial charge in [0.2, 0.25) is 11.8 Å². The molecule has 1 N–H and O–H groups in total. The number of aromatic nitrogens is 2. The molecule has 0 aliphatic carbocycles. The summed E-state index contributed by atoms with van der Waals surface area (Å²) in [4.78, 5) is 27.2. The van der Waals surface area contributed by atoms with Gasteiger partial charge in [0.1, 0.15) is 5.69 Å². The highest BCUT2D eigenvalue weighted by atomic mass is 32.1. The molecule has 0 spiro atoms. The Morgan fingerprint density at radius 3 is 2.63 bits per heavy atom. The van der Waals surface area contributed by atoms with E-state index in [-0.39, 0.29) is 11.8 Å². The van der Waals surface area contributed by atoms with Gasteiger partial charge >= 0.3 is 0 Å². The zero-order chi connectivity index (χ0) is 20.8. The second-order valence-corrected chi connectivity index (χ2v) is 8.10. The van der Waals surface area contributed by atoms with Crippen molar-refractivity contribution < 1.29 is 9.59 Å². The van der Waals surface area contributed by atoms with Crippen molar-refractivity contribution in [3.63, 3.8) is 0 Å². The smallest absolute Gasteiger partial charge is 0.244 e. The Bertz CT molecular complexity index is 1020. The molecule has 6 nitrogen and oxygen atoms in total. The molecule has 4 rings (SSSR count). The fraction of sp³-hybridized carbons (Fsp3) is 0.261. The van der Waals surface area contributed by atoms with Crippen molar-refractivity contribution in [1.82, 2.24) is 20.0 Å². The first-order chi connectivity index (χ1) is 14.7. The predicted molar refractivity (Wildman–Crippen MR) is 119 cm³/mol. The molecule has 1 fully saturated rings. The van der Waals surface area contributed by atoms with Gasteiger partial charge in [0.05, 0.1) is 10.6 Å². The Kier molecular flexibility index (Phi) is 6.39. The molecule has 1 aliphatic heterocycles. The monoisotopic (exact) mass is 420 g/mol. The van der Waals surface area contributed by atoms with Crippen LogP contribution in [0.25, 0.3) is 22.3 Å². The lowest BCUT2D eigenvalue weighted by Gasteiger charge is -2.14. The zero-order valence-corrected chi connectivity index (χ0v) is 17.5. The minimum Gasteiger partial charge on any atom is -0.352 e. The maximum absolute atomic E-state index is 12.2. The lowest BCUT2D eigenvalue weighted by atomic mass is 10.2. The van der Waals surface area contributed by atoms with Crippen molar-refractivity contribution >= 4 is 29.2 Å². The number of para-hydroxylation sites is 1. The molecule has 0 atom stereocenters. The van der Waals surface area contributed by atoms with Crippen LogP contribution in [0.2, 0.25) is 0 Å². The van der Waals surface area contributed by atoms with Gasteiger partial charge in [-0.1, -0.05) is 24.3 Å². The molecule has 0 radical (unpaired) electrons. The van der Waals surface area contributed by atoms with Crippen molar-refractivity contribution in [3.05, 3.63) is 65.7 Å². The molecule has 1 saturated heterocycles. The number of amides is 2. The molecule has 154 valence electrons. The second kappa shape index (κ2) is 9.54. The fourth-order valence-corrected chi connectivity index (χ4v) is 4.20. The summed E-state index contributed by atoms with van der Waals surface area (Å²) >= 11 is 1.61. The van der Waals surface area contributed by atoms with E-state index in [4.69, 9.17) is 5.10 Å². The van der Waals surface area contributed by atoms with Crippen LogP contribution in [0.3, 0.4) is 0 Å². The van der Waals surface area contributed by atoms with Gasteiger partial charge in [-0.25, -0.2) is 4.68 Å². The van der Waals surface area contributed by atoms with Crippen LogP contribution in [0, 0.1) is 0 Å². The third kappa shape index (κ3) is 4.86. The van der Waals surface area contributed by atoms with Gasteiger partial charge in [0.25, 0.3) is 0 Å². The van der Waals surface area contributed by atoms with E-state index in [1.165, 1.54) is 6.08 Å². The number of nitrogens with zero attached hydrogens (tertiary/aromatic N) is 3. The molecule has 2 amide bonds. The Balaban J connectivity index is 1.42. The van der Waals surface area contributed by atoms with Gasteiger partial charge in [0.15, 0.2) is 0 Å². The maximum atomic E-state index is 12.2. The summed E-state index contributed by atoms with van der Waals surface area (Å²) in [6.07, 6.45) is 7.69. The predicted octanol–water partition coefficient (Wildman–Crippen LogP) is 3.74. The molecule has 2 aromatic heterocycles. The summed E-state index contributed by atoms with van der Waals surface area (Å²) in [5, 5.41) is 9.53. The van der Waals surface area contributed by atoms with Crippen LogP contribution < -0.4 is 5.32 Å². The van der Waals surface area contributed by atoms with Crippen LogP contribution in [-0.4, -0.2) is 46.1 Å². The maximum Gasteiger partial charge on any atom is 0.244 e. The minimum absolute atomic E-state index is 0.112. The van der Waals surface area contributed by atoms with Crippen molar-refractivity contribution in [2.45, 2.75) is 19.3 Å². The van der Waals surface area contributed by atoms with Gasteiger partial charge in [-0.15, -0.1) is 11.3 Å². The van der Waals surface area contributed by atoms with E-state index >= 15 is 0 Å². The van der Waals surface area contributed by atoms with Gasteiger partial charge in [-0.05, 0) is 42.5 Å². The second-order valence-electron chi connectivity index (χ2n) is 7.15. The number of nitrogens with one attached hydrogen (secondary N) is 1. The normalized spacial score (nSPS) is 13.8. The fourth-order valence-electron chi connectivity index (χ4n) is 3.47. The number of carbonyl (C=O) groups excluding carboxylic acids is 2. The molecule has 7 heteroatoms. The number of thiophene rings is 1. The first kappa shape index (κ1) is 20.1. The number of benzene rings is 1. The van der Waals surface area contributed by atoms with Gasteiger partial charge < -0.3 is 10.2 Å². The number of hydrogen-bond donors (Lipinski definition) is 1. The highest BCUT2D eigenvalue weighted by Gasteiger charge is 2.17. The van der Waals surface area contributed by atoms with E-state index < -0.39 is 0 Å². The van der Waals surface area contributed by atoms with Gasteiger partial charge in [0, 0.05) is 43.9 Å². The van der Waals surface area contributed by atoms with E-state index in [1.807, 2.05) is 63.6 Å². The van der Waals surface area contributed by atoms with E-state index in [1.54, 1.807) is 17.4 Å². The largest absolute Gasteiger partial charge is 0.352 e. The lowest BCUT2D eigenvalue weighted by molar-refractivity contribution is -0.130. The van der Waals surface area contributed by atoms with E-state index in [9.17, 15) is 9.59 Å². The number of rotatable bonds is 7. The van der Waals surface area contributed by atoms with E-state index in [2.05, 4.69) is 5.32 Å². The molecule has 0 bridgehead atoms. The molecule has 3 heterocycles. The Morgan fingerprint density at radius 1 is 1.10 bits per heavy atom. The molecule has 1 aliphatic rings. The Labute approximate surface area is 179 Å². The topological polar surface area (TPSA) is 67.2 Å². The lowest BCUT2D eigenvalue weighted by Crippen LogP contribution is -2.32.